The fourth-order valence-corrected chi connectivity index (χ4v) is 2.20. The number of nitriles is 1. The molecular weight excluding hydrogens is 302 g/mol. The lowest BCUT2D eigenvalue weighted by Crippen LogP contribution is -2.33. The van der Waals surface area contributed by atoms with Crippen molar-refractivity contribution in [2.45, 2.75) is 18.9 Å². The summed E-state index contributed by atoms with van der Waals surface area (Å²) >= 11 is 3.40. The Morgan fingerprint density at radius 1 is 1.32 bits per heavy atom. The van der Waals surface area contributed by atoms with Crippen LogP contribution in [0.3, 0.4) is 0 Å². The highest BCUT2D eigenvalue weighted by Gasteiger charge is 2.30. The Balaban J connectivity index is 2.36. The lowest BCUT2D eigenvalue weighted by atomic mass is 9.89. The van der Waals surface area contributed by atoms with Gasteiger partial charge in [-0.1, -0.05) is 28.9 Å². The summed E-state index contributed by atoms with van der Waals surface area (Å²) in [7, 11) is 0. The largest absolute Gasteiger partial charge is 0.364 e. The second-order valence-electron chi connectivity index (χ2n) is 4.24. The van der Waals surface area contributed by atoms with Crippen LogP contribution in [0.2, 0.25) is 0 Å². The Bertz CT molecular complexity index is 575. The van der Waals surface area contributed by atoms with Gasteiger partial charge in [0.2, 0.25) is 0 Å². The molecule has 3 nitrogen and oxygen atoms in total. The Morgan fingerprint density at radius 3 is 2.58 bits per heavy atom. The molecule has 2 rings (SSSR count). The van der Waals surface area contributed by atoms with Crippen molar-refractivity contribution in [1.29, 1.82) is 5.26 Å². The molecule has 0 aliphatic rings. The van der Waals surface area contributed by atoms with Gasteiger partial charge in [0.1, 0.15) is 0 Å². The molecule has 1 N–H and O–H groups in total. The molecule has 0 radical (unpaired) electrons. The van der Waals surface area contributed by atoms with E-state index in [0.29, 0.717) is 6.42 Å². The Hall–Kier alpha value is -1.86. The van der Waals surface area contributed by atoms with Gasteiger partial charge in [0.15, 0.2) is 5.54 Å². The van der Waals surface area contributed by atoms with Gasteiger partial charge in [-0.2, -0.15) is 5.26 Å². The van der Waals surface area contributed by atoms with E-state index in [-0.39, 0.29) is 0 Å². The van der Waals surface area contributed by atoms with Crippen LogP contribution in [-0.2, 0) is 5.54 Å². The molecule has 0 aliphatic heterocycles. The smallest absolute Gasteiger partial charge is 0.152 e. The molecule has 0 spiro atoms. The van der Waals surface area contributed by atoms with E-state index in [1.54, 1.807) is 12.4 Å². The minimum Gasteiger partial charge on any atom is -0.364 e. The molecule has 1 atom stereocenters. The van der Waals surface area contributed by atoms with Crippen molar-refractivity contribution in [1.82, 2.24) is 4.98 Å². The molecule has 0 saturated carbocycles. The number of aromatic nitrogens is 1. The number of hydrogen-bond donors (Lipinski definition) is 1. The third-order valence-corrected chi connectivity index (χ3v) is 3.61. The van der Waals surface area contributed by atoms with Crippen LogP contribution in [0.25, 0.3) is 0 Å². The van der Waals surface area contributed by atoms with Crippen molar-refractivity contribution in [3.63, 3.8) is 0 Å². The van der Waals surface area contributed by atoms with Crippen molar-refractivity contribution in [3.8, 4) is 6.07 Å². The standard InChI is InChI=1S/C15H14BrN3/c1-2-15(11-17,12-4-3-9-18-10-12)19-14-7-5-13(16)6-8-14/h3-10,19H,2H2,1H3. The van der Waals surface area contributed by atoms with Crippen molar-refractivity contribution in [2.75, 3.05) is 5.32 Å². The van der Waals surface area contributed by atoms with Crippen LogP contribution in [0, 0.1) is 11.3 Å². The molecule has 1 aromatic carbocycles. The lowest BCUT2D eigenvalue weighted by Gasteiger charge is -2.28. The zero-order chi connectivity index (χ0) is 13.7. The summed E-state index contributed by atoms with van der Waals surface area (Å²) in [6.45, 7) is 1.99. The third kappa shape index (κ3) is 2.94. The van der Waals surface area contributed by atoms with E-state index < -0.39 is 5.54 Å². The zero-order valence-corrected chi connectivity index (χ0v) is 12.2. The Labute approximate surface area is 121 Å². The van der Waals surface area contributed by atoms with E-state index in [1.165, 1.54) is 0 Å². The topological polar surface area (TPSA) is 48.7 Å². The zero-order valence-electron chi connectivity index (χ0n) is 10.6. The molecule has 96 valence electrons. The molecule has 0 fully saturated rings. The first-order chi connectivity index (χ1) is 9.20. The second kappa shape index (κ2) is 5.85. The van der Waals surface area contributed by atoms with Gasteiger partial charge < -0.3 is 5.32 Å². The molecule has 0 bridgehead atoms. The summed E-state index contributed by atoms with van der Waals surface area (Å²) in [5.41, 5.74) is 1.04. The fourth-order valence-electron chi connectivity index (χ4n) is 1.93. The quantitative estimate of drug-likeness (QED) is 0.924. The Morgan fingerprint density at radius 2 is 2.05 bits per heavy atom. The number of nitrogens with zero attached hydrogens (tertiary/aromatic N) is 2. The van der Waals surface area contributed by atoms with Gasteiger partial charge in [0.25, 0.3) is 0 Å². The second-order valence-corrected chi connectivity index (χ2v) is 5.16. The summed E-state index contributed by atoms with van der Waals surface area (Å²) in [4.78, 5) is 4.10. The molecule has 1 heterocycles. The summed E-state index contributed by atoms with van der Waals surface area (Å²) in [5.74, 6) is 0. The predicted octanol–water partition coefficient (Wildman–Crippen LogP) is 4.09. The van der Waals surface area contributed by atoms with Crippen molar-refractivity contribution < 1.29 is 0 Å². The fraction of sp³-hybridized carbons (Fsp3) is 0.200. The molecule has 1 unspecified atom stereocenters. The first-order valence-electron chi connectivity index (χ1n) is 6.06. The van der Waals surface area contributed by atoms with Crippen LogP contribution in [0.5, 0.6) is 0 Å². The van der Waals surface area contributed by atoms with Crippen LogP contribution in [0.15, 0.2) is 53.3 Å². The molecule has 0 aliphatic carbocycles. The van der Waals surface area contributed by atoms with Crippen LogP contribution in [0.4, 0.5) is 5.69 Å². The van der Waals surface area contributed by atoms with E-state index >= 15 is 0 Å². The number of rotatable bonds is 4. The molecule has 2 aromatic rings. The highest BCUT2D eigenvalue weighted by atomic mass is 79.9. The lowest BCUT2D eigenvalue weighted by molar-refractivity contribution is 0.602. The maximum Gasteiger partial charge on any atom is 0.152 e. The summed E-state index contributed by atoms with van der Waals surface area (Å²) in [6.07, 6.45) is 4.10. The third-order valence-electron chi connectivity index (χ3n) is 3.08. The van der Waals surface area contributed by atoms with Gasteiger partial charge in [0.05, 0.1) is 6.07 Å². The normalized spacial score (nSPS) is 13.3. The maximum absolute atomic E-state index is 9.60. The number of pyridine rings is 1. The first kappa shape index (κ1) is 13.6. The average Bonchev–Trinajstić information content (AvgIpc) is 2.48. The van der Waals surface area contributed by atoms with Gasteiger partial charge >= 0.3 is 0 Å². The van der Waals surface area contributed by atoms with Gasteiger partial charge in [-0.25, -0.2) is 0 Å². The SMILES string of the molecule is CCC(C#N)(Nc1ccc(Br)cc1)c1cccnc1. The van der Waals surface area contributed by atoms with E-state index in [0.717, 1.165) is 15.7 Å². The Kier molecular flexibility index (Phi) is 4.18. The number of benzene rings is 1. The summed E-state index contributed by atoms with van der Waals surface area (Å²) in [5, 5.41) is 12.9. The molecule has 1 aromatic heterocycles. The molecule has 19 heavy (non-hydrogen) atoms. The van der Waals surface area contributed by atoms with Crippen LogP contribution >= 0.6 is 15.9 Å². The summed E-state index contributed by atoms with van der Waals surface area (Å²) < 4.78 is 1.01. The monoisotopic (exact) mass is 315 g/mol. The number of nitrogens with one attached hydrogen (secondary N) is 1. The van der Waals surface area contributed by atoms with E-state index in [1.807, 2.05) is 43.3 Å². The van der Waals surface area contributed by atoms with Crippen molar-refractivity contribution in [2.24, 2.45) is 0 Å². The van der Waals surface area contributed by atoms with Crippen molar-refractivity contribution in [3.05, 3.63) is 58.8 Å². The van der Waals surface area contributed by atoms with Gasteiger partial charge in [-0.05, 0) is 36.8 Å². The first-order valence-corrected chi connectivity index (χ1v) is 6.85. The number of hydrogen-bond acceptors (Lipinski definition) is 3. The van der Waals surface area contributed by atoms with E-state index in [4.69, 9.17) is 0 Å². The number of anilines is 1. The van der Waals surface area contributed by atoms with E-state index in [2.05, 4.69) is 32.3 Å². The summed E-state index contributed by atoms with van der Waals surface area (Å²) in [6, 6.07) is 13.9. The van der Waals surface area contributed by atoms with Gasteiger partial charge in [0, 0.05) is 28.1 Å². The molecule has 0 amide bonds. The average molecular weight is 316 g/mol. The van der Waals surface area contributed by atoms with Crippen molar-refractivity contribution >= 4 is 21.6 Å². The predicted molar refractivity (Wildman–Crippen MR) is 79.6 cm³/mol. The van der Waals surface area contributed by atoms with Crippen LogP contribution < -0.4 is 5.32 Å². The van der Waals surface area contributed by atoms with Crippen LogP contribution in [0.1, 0.15) is 18.9 Å². The minimum atomic E-state index is -0.748. The van der Waals surface area contributed by atoms with E-state index in [9.17, 15) is 5.26 Å². The van der Waals surface area contributed by atoms with Crippen LogP contribution in [-0.4, -0.2) is 4.98 Å². The highest BCUT2D eigenvalue weighted by Crippen LogP contribution is 2.29. The molecular formula is C15H14BrN3. The number of halogens is 1. The van der Waals surface area contributed by atoms with Gasteiger partial charge in [-0.3, -0.25) is 4.98 Å². The minimum absolute atomic E-state index is 0.658. The molecule has 4 heteroatoms. The molecule has 0 saturated heterocycles. The maximum atomic E-state index is 9.60. The highest BCUT2D eigenvalue weighted by molar-refractivity contribution is 9.10. The van der Waals surface area contributed by atoms with Gasteiger partial charge in [-0.15, -0.1) is 0 Å².